The van der Waals surface area contributed by atoms with Crippen LogP contribution in [0.15, 0.2) is 97.1 Å². The van der Waals surface area contributed by atoms with E-state index in [-0.39, 0.29) is 12.2 Å². The molecule has 2 unspecified atom stereocenters. The molecule has 0 saturated carbocycles. The minimum absolute atomic E-state index is 0.247. The van der Waals surface area contributed by atoms with Crippen LogP contribution in [0.25, 0.3) is 0 Å². The van der Waals surface area contributed by atoms with Crippen LogP contribution in [0.2, 0.25) is 0 Å². The van der Waals surface area contributed by atoms with Gasteiger partial charge in [0.05, 0.1) is 0 Å². The Labute approximate surface area is 184 Å². The van der Waals surface area contributed by atoms with Gasteiger partial charge in [0.1, 0.15) is 12.2 Å². The maximum absolute atomic E-state index is 6.90. The summed E-state index contributed by atoms with van der Waals surface area (Å²) in [7, 11) is 0. The Kier molecular flexibility index (Phi) is 6.06. The first-order valence-electron chi connectivity index (χ1n) is 10.5. The Morgan fingerprint density at radius 2 is 0.903 bits per heavy atom. The number of anilines is 2. The zero-order chi connectivity index (χ0) is 21.8. The first kappa shape index (κ1) is 20.7. The fourth-order valence-electron chi connectivity index (χ4n) is 3.81. The molecular formula is C28H28N2O. The largest absolute Gasteiger partial charge is 0.399 e. The normalized spacial score (nSPS) is 13.0. The van der Waals surface area contributed by atoms with Gasteiger partial charge in [-0.1, -0.05) is 84.9 Å². The number of hydrogen-bond donors (Lipinski definition) is 2. The van der Waals surface area contributed by atoms with Crippen molar-refractivity contribution in [2.75, 3.05) is 11.5 Å². The topological polar surface area (TPSA) is 61.3 Å². The van der Waals surface area contributed by atoms with E-state index in [1.807, 2.05) is 62.4 Å². The maximum Gasteiger partial charge on any atom is 0.109 e. The molecular weight excluding hydrogens is 380 g/mol. The highest BCUT2D eigenvalue weighted by Gasteiger charge is 2.24. The molecule has 0 aliphatic carbocycles. The molecule has 0 aliphatic heterocycles. The average molecular weight is 409 g/mol. The Balaban J connectivity index is 1.82. The second-order valence-electron chi connectivity index (χ2n) is 7.95. The average Bonchev–Trinajstić information content (AvgIpc) is 2.80. The van der Waals surface area contributed by atoms with Crippen molar-refractivity contribution < 1.29 is 4.74 Å². The molecule has 156 valence electrons. The zero-order valence-corrected chi connectivity index (χ0v) is 18.0. The third-order valence-electron chi connectivity index (χ3n) is 5.67. The minimum Gasteiger partial charge on any atom is -0.399 e. The van der Waals surface area contributed by atoms with E-state index in [9.17, 15) is 0 Å². The highest BCUT2D eigenvalue weighted by atomic mass is 16.5. The summed E-state index contributed by atoms with van der Waals surface area (Å²) in [4.78, 5) is 0. The van der Waals surface area contributed by atoms with Gasteiger partial charge < -0.3 is 16.2 Å². The maximum atomic E-state index is 6.90. The van der Waals surface area contributed by atoms with Crippen molar-refractivity contribution in [2.45, 2.75) is 26.1 Å². The van der Waals surface area contributed by atoms with Crippen LogP contribution in [0.3, 0.4) is 0 Å². The summed E-state index contributed by atoms with van der Waals surface area (Å²) in [5, 5.41) is 0. The van der Waals surface area contributed by atoms with Gasteiger partial charge in [0.2, 0.25) is 0 Å². The molecule has 4 aromatic rings. The predicted octanol–water partition coefficient (Wildman–Crippen LogP) is 6.36. The molecule has 4 N–H and O–H groups in total. The van der Waals surface area contributed by atoms with Crippen LogP contribution >= 0.6 is 0 Å². The summed E-state index contributed by atoms with van der Waals surface area (Å²) in [5.74, 6) is 0. The predicted molar refractivity (Wildman–Crippen MR) is 129 cm³/mol. The van der Waals surface area contributed by atoms with Crippen LogP contribution < -0.4 is 11.5 Å². The lowest BCUT2D eigenvalue weighted by Gasteiger charge is -2.27. The molecule has 0 fully saturated rings. The van der Waals surface area contributed by atoms with Crippen molar-refractivity contribution >= 4 is 11.4 Å². The van der Waals surface area contributed by atoms with Gasteiger partial charge in [-0.3, -0.25) is 0 Å². The Morgan fingerprint density at radius 3 is 1.26 bits per heavy atom. The number of aryl methyl sites for hydroxylation is 2. The molecule has 0 saturated heterocycles. The SMILES string of the molecule is Cc1cc(C(OC(c2ccccc2)c2ccc(N)c(C)c2)c2ccccc2)ccc1N. The highest BCUT2D eigenvalue weighted by molar-refractivity contribution is 5.50. The van der Waals surface area contributed by atoms with Gasteiger partial charge in [-0.2, -0.15) is 0 Å². The van der Waals surface area contributed by atoms with Crippen molar-refractivity contribution in [1.29, 1.82) is 0 Å². The zero-order valence-electron chi connectivity index (χ0n) is 18.0. The summed E-state index contributed by atoms with van der Waals surface area (Å²) in [6.07, 6.45) is -0.493. The van der Waals surface area contributed by atoms with Crippen LogP contribution in [-0.2, 0) is 4.74 Å². The van der Waals surface area contributed by atoms with Crippen LogP contribution in [0, 0.1) is 13.8 Å². The standard InChI is InChI=1S/C28H28N2O/c1-19-17-23(13-15-25(19)29)27(21-9-5-3-6-10-21)31-28(22-11-7-4-8-12-22)24-14-16-26(30)20(2)18-24/h3-18,27-28H,29-30H2,1-2H3. The van der Waals surface area contributed by atoms with Crippen molar-refractivity contribution in [3.8, 4) is 0 Å². The molecule has 3 nitrogen and oxygen atoms in total. The molecule has 0 bridgehead atoms. The van der Waals surface area contributed by atoms with Crippen LogP contribution in [0.1, 0.15) is 45.6 Å². The first-order valence-corrected chi connectivity index (χ1v) is 10.5. The van der Waals surface area contributed by atoms with Crippen molar-refractivity contribution in [3.05, 3.63) is 130 Å². The first-order chi connectivity index (χ1) is 15.0. The van der Waals surface area contributed by atoms with E-state index >= 15 is 0 Å². The van der Waals surface area contributed by atoms with Crippen molar-refractivity contribution in [2.24, 2.45) is 0 Å². The van der Waals surface area contributed by atoms with Crippen molar-refractivity contribution in [1.82, 2.24) is 0 Å². The third kappa shape index (κ3) is 4.62. The summed E-state index contributed by atoms with van der Waals surface area (Å²) in [6.45, 7) is 4.05. The van der Waals surface area contributed by atoms with Crippen LogP contribution in [0.5, 0.6) is 0 Å². The molecule has 0 aromatic heterocycles. The number of nitrogens with two attached hydrogens (primary N) is 2. The summed E-state index contributed by atoms with van der Waals surface area (Å²) in [6, 6.07) is 32.9. The van der Waals surface area contributed by atoms with Gasteiger partial charge in [-0.15, -0.1) is 0 Å². The molecule has 31 heavy (non-hydrogen) atoms. The smallest absolute Gasteiger partial charge is 0.109 e. The lowest BCUT2D eigenvalue weighted by atomic mass is 9.96. The highest BCUT2D eigenvalue weighted by Crippen LogP contribution is 2.37. The Bertz CT molecular complexity index is 1060. The second kappa shape index (κ2) is 9.07. The van der Waals surface area contributed by atoms with Crippen LogP contribution in [0.4, 0.5) is 11.4 Å². The van der Waals surface area contributed by atoms with Gasteiger partial charge in [0, 0.05) is 11.4 Å². The van der Waals surface area contributed by atoms with E-state index in [1.165, 1.54) is 0 Å². The summed E-state index contributed by atoms with van der Waals surface area (Å²) < 4.78 is 6.90. The fraction of sp³-hybridized carbons (Fsp3) is 0.143. The van der Waals surface area contributed by atoms with E-state index in [2.05, 4.69) is 48.5 Å². The molecule has 0 aliphatic rings. The van der Waals surface area contributed by atoms with Crippen molar-refractivity contribution in [3.63, 3.8) is 0 Å². The molecule has 2 atom stereocenters. The number of ether oxygens (including phenoxy) is 1. The van der Waals surface area contributed by atoms with Gasteiger partial charge in [0.15, 0.2) is 0 Å². The van der Waals surface area contributed by atoms with E-state index in [4.69, 9.17) is 16.2 Å². The molecule has 4 rings (SSSR count). The molecule has 3 heteroatoms. The van der Waals surface area contributed by atoms with Gasteiger partial charge >= 0.3 is 0 Å². The van der Waals surface area contributed by atoms with E-state index < -0.39 is 0 Å². The lowest BCUT2D eigenvalue weighted by molar-refractivity contribution is 0.0308. The van der Waals surface area contributed by atoms with Gasteiger partial charge in [0.25, 0.3) is 0 Å². The van der Waals surface area contributed by atoms with E-state index in [0.717, 1.165) is 44.8 Å². The fourth-order valence-corrected chi connectivity index (χ4v) is 3.81. The Hall–Kier alpha value is -3.56. The summed E-state index contributed by atoms with van der Waals surface area (Å²) >= 11 is 0. The number of rotatable bonds is 6. The second-order valence-corrected chi connectivity index (χ2v) is 7.95. The molecule has 0 radical (unpaired) electrons. The quantitative estimate of drug-likeness (QED) is 0.365. The Morgan fingerprint density at radius 1 is 0.516 bits per heavy atom. The van der Waals surface area contributed by atoms with Crippen LogP contribution in [-0.4, -0.2) is 0 Å². The third-order valence-corrected chi connectivity index (χ3v) is 5.67. The number of nitrogen functional groups attached to an aromatic ring is 2. The molecule has 4 aromatic carbocycles. The van der Waals surface area contributed by atoms with E-state index in [0.29, 0.717) is 0 Å². The molecule has 0 amide bonds. The molecule has 0 spiro atoms. The van der Waals surface area contributed by atoms with E-state index in [1.54, 1.807) is 0 Å². The molecule has 0 heterocycles. The minimum atomic E-state index is -0.247. The number of benzene rings is 4. The monoisotopic (exact) mass is 408 g/mol. The summed E-state index contributed by atoms with van der Waals surface area (Å²) in [5.41, 5.74) is 20.2. The number of hydrogen-bond acceptors (Lipinski definition) is 3. The van der Waals surface area contributed by atoms with Gasteiger partial charge in [-0.05, 0) is 59.4 Å². The lowest BCUT2D eigenvalue weighted by Crippen LogP contribution is -2.14. The van der Waals surface area contributed by atoms with Gasteiger partial charge in [-0.25, -0.2) is 0 Å².